The van der Waals surface area contributed by atoms with Gasteiger partial charge in [0.25, 0.3) is 5.56 Å². The topological polar surface area (TPSA) is 50.7 Å². The summed E-state index contributed by atoms with van der Waals surface area (Å²) in [6.45, 7) is 6.05. The summed E-state index contributed by atoms with van der Waals surface area (Å²) >= 11 is 0. The standard InChI is InChI=1S/C19H17N3O/c1-11-7-6-10-16(12(11)2)22-18-14-8-4-5-9-15(14)20-19(23)17(18)13(3)21-22/h4-10H,1-3H3,(H,20,23). The Bertz CT molecular complexity index is 1120. The summed E-state index contributed by atoms with van der Waals surface area (Å²) in [7, 11) is 0. The lowest BCUT2D eigenvalue weighted by Crippen LogP contribution is -2.07. The van der Waals surface area contributed by atoms with E-state index in [2.05, 4.69) is 30.0 Å². The molecule has 0 atom stereocenters. The summed E-state index contributed by atoms with van der Waals surface area (Å²) in [5.74, 6) is 0. The molecule has 4 nitrogen and oxygen atoms in total. The molecule has 0 aliphatic carbocycles. The minimum atomic E-state index is -0.0900. The van der Waals surface area contributed by atoms with Gasteiger partial charge in [-0.15, -0.1) is 0 Å². The number of nitrogens with one attached hydrogen (secondary N) is 1. The van der Waals surface area contributed by atoms with E-state index in [9.17, 15) is 4.79 Å². The molecule has 114 valence electrons. The number of aromatic amines is 1. The van der Waals surface area contributed by atoms with Crippen LogP contribution in [0.5, 0.6) is 0 Å². The van der Waals surface area contributed by atoms with Crippen LogP contribution < -0.4 is 5.56 Å². The van der Waals surface area contributed by atoms with Crippen LogP contribution in [0.1, 0.15) is 16.8 Å². The number of rotatable bonds is 1. The maximum Gasteiger partial charge on any atom is 0.259 e. The predicted octanol–water partition coefficient (Wildman–Crippen LogP) is 3.79. The first kappa shape index (κ1) is 13.8. The number of fused-ring (bicyclic) bond motifs is 3. The van der Waals surface area contributed by atoms with Crippen molar-refractivity contribution in [1.82, 2.24) is 14.8 Å². The van der Waals surface area contributed by atoms with Crippen LogP contribution in [0.4, 0.5) is 0 Å². The number of hydrogen-bond acceptors (Lipinski definition) is 2. The third kappa shape index (κ3) is 1.91. The minimum Gasteiger partial charge on any atom is -0.321 e. The van der Waals surface area contributed by atoms with Crippen LogP contribution in [0, 0.1) is 20.8 Å². The van der Waals surface area contributed by atoms with Crippen molar-refractivity contribution in [3.8, 4) is 5.69 Å². The largest absolute Gasteiger partial charge is 0.321 e. The molecule has 2 heterocycles. The third-order valence-corrected chi connectivity index (χ3v) is 4.52. The van der Waals surface area contributed by atoms with Crippen molar-refractivity contribution in [3.05, 3.63) is 69.6 Å². The molecule has 4 rings (SSSR count). The van der Waals surface area contributed by atoms with E-state index in [1.54, 1.807) is 0 Å². The second-order valence-corrected chi connectivity index (χ2v) is 5.94. The van der Waals surface area contributed by atoms with Crippen LogP contribution in [0.25, 0.3) is 27.5 Å². The Kier molecular flexibility index (Phi) is 2.88. The molecule has 0 aliphatic rings. The molecule has 0 saturated heterocycles. The van der Waals surface area contributed by atoms with Gasteiger partial charge >= 0.3 is 0 Å². The van der Waals surface area contributed by atoms with Gasteiger partial charge in [-0.05, 0) is 44.0 Å². The Hall–Kier alpha value is -2.88. The van der Waals surface area contributed by atoms with Crippen LogP contribution >= 0.6 is 0 Å². The van der Waals surface area contributed by atoms with Crippen LogP contribution in [0.15, 0.2) is 47.3 Å². The first-order valence-corrected chi connectivity index (χ1v) is 7.65. The van der Waals surface area contributed by atoms with E-state index < -0.39 is 0 Å². The second-order valence-electron chi connectivity index (χ2n) is 5.94. The molecular weight excluding hydrogens is 286 g/mol. The summed E-state index contributed by atoms with van der Waals surface area (Å²) < 4.78 is 1.91. The summed E-state index contributed by atoms with van der Waals surface area (Å²) in [4.78, 5) is 15.5. The number of H-pyrrole nitrogens is 1. The molecule has 1 N–H and O–H groups in total. The average molecular weight is 303 g/mol. The normalized spacial score (nSPS) is 11.4. The molecule has 4 aromatic rings. The van der Waals surface area contributed by atoms with E-state index in [-0.39, 0.29) is 5.56 Å². The fourth-order valence-electron chi connectivity index (χ4n) is 3.17. The summed E-state index contributed by atoms with van der Waals surface area (Å²) in [6, 6.07) is 14.0. The minimum absolute atomic E-state index is 0.0900. The van der Waals surface area contributed by atoms with Gasteiger partial charge in [0, 0.05) is 5.39 Å². The molecule has 0 saturated carbocycles. The first-order valence-electron chi connectivity index (χ1n) is 7.65. The Morgan fingerprint density at radius 2 is 1.78 bits per heavy atom. The predicted molar refractivity (Wildman–Crippen MR) is 93.4 cm³/mol. The van der Waals surface area contributed by atoms with Gasteiger partial charge in [0.15, 0.2) is 0 Å². The average Bonchev–Trinajstić information content (AvgIpc) is 2.88. The number of aromatic nitrogens is 3. The van der Waals surface area contributed by atoms with Crippen LogP contribution in [-0.4, -0.2) is 14.8 Å². The Morgan fingerprint density at radius 3 is 2.61 bits per heavy atom. The monoisotopic (exact) mass is 303 g/mol. The maximum absolute atomic E-state index is 12.5. The van der Waals surface area contributed by atoms with Gasteiger partial charge in [0.05, 0.1) is 27.8 Å². The van der Waals surface area contributed by atoms with Crippen molar-refractivity contribution in [2.24, 2.45) is 0 Å². The van der Waals surface area contributed by atoms with Gasteiger partial charge in [0.1, 0.15) is 0 Å². The van der Waals surface area contributed by atoms with Crippen LogP contribution in [0.3, 0.4) is 0 Å². The summed E-state index contributed by atoms with van der Waals surface area (Å²) in [6.07, 6.45) is 0. The molecule has 2 aromatic heterocycles. The molecule has 0 unspecified atom stereocenters. The smallest absolute Gasteiger partial charge is 0.259 e. The number of hydrogen-bond donors (Lipinski definition) is 1. The summed E-state index contributed by atoms with van der Waals surface area (Å²) in [5, 5.41) is 6.33. The highest BCUT2D eigenvalue weighted by atomic mass is 16.1. The molecule has 0 radical (unpaired) electrons. The van der Waals surface area contributed by atoms with Gasteiger partial charge in [0.2, 0.25) is 0 Å². The number of nitrogens with zero attached hydrogens (tertiary/aromatic N) is 2. The zero-order valence-corrected chi connectivity index (χ0v) is 13.3. The fraction of sp³-hybridized carbons (Fsp3) is 0.158. The Balaban J connectivity index is 2.25. The van der Waals surface area contributed by atoms with E-state index in [1.807, 2.05) is 48.0 Å². The molecule has 0 aliphatic heterocycles. The number of aryl methyl sites for hydroxylation is 2. The second kappa shape index (κ2) is 4.81. The van der Waals surface area contributed by atoms with Crippen molar-refractivity contribution in [3.63, 3.8) is 0 Å². The van der Waals surface area contributed by atoms with Crippen molar-refractivity contribution in [1.29, 1.82) is 0 Å². The van der Waals surface area contributed by atoms with Gasteiger partial charge in [-0.25, -0.2) is 4.68 Å². The summed E-state index contributed by atoms with van der Waals surface area (Å²) in [5.41, 5.74) is 5.74. The molecule has 0 amide bonds. The Morgan fingerprint density at radius 1 is 1.00 bits per heavy atom. The highest BCUT2D eigenvalue weighted by Gasteiger charge is 2.17. The van der Waals surface area contributed by atoms with Crippen molar-refractivity contribution >= 4 is 21.8 Å². The zero-order valence-electron chi connectivity index (χ0n) is 13.3. The molecule has 23 heavy (non-hydrogen) atoms. The molecule has 2 aromatic carbocycles. The van der Waals surface area contributed by atoms with Crippen molar-refractivity contribution in [2.75, 3.05) is 0 Å². The van der Waals surface area contributed by atoms with Crippen molar-refractivity contribution in [2.45, 2.75) is 20.8 Å². The maximum atomic E-state index is 12.5. The van der Waals surface area contributed by atoms with Gasteiger partial charge in [-0.1, -0.05) is 30.3 Å². The number of benzene rings is 2. The van der Waals surface area contributed by atoms with Gasteiger partial charge < -0.3 is 4.98 Å². The Labute approximate surface area is 133 Å². The highest BCUT2D eigenvalue weighted by Crippen LogP contribution is 2.27. The van der Waals surface area contributed by atoms with E-state index in [4.69, 9.17) is 0 Å². The molecular formula is C19H17N3O. The lowest BCUT2D eigenvalue weighted by Gasteiger charge is -2.11. The van der Waals surface area contributed by atoms with Gasteiger partial charge in [-0.3, -0.25) is 4.79 Å². The third-order valence-electron chi connectivity index (χ3n) is 4.52. The van der Waals surface area contributed by atoms with E-state index >= 15 is 0 Å². The number of pyridine rings is 1. The van der Waals surface area contributed by atoms with Gasteiger partial charge in [-0.2, -0.15) is 5.10 Å². The van der Waals surface area contributed by atoms with E-state index in [0.717, 1.165) is 27.8 Å². The van der Waals surface area contributed by atoms with E-state index in [1.165, 1.54) is 11.1 Å². The lowest BCUT2D eigenvalue weighted by molar-refractivity contribution is 0.881. The molecule has 0 bridgehead atoms. The molecule has 0 fully saturated rings. The van der Waals surface area contributed by atoms with Crippen molar-refractivity contribution < 1.29 is 0 Å². The van der Waals surface area contributed by atoms with Crippen LogP contribution in [-0.2, 0) is 0 Å². The number of para-hydroxylation sites is 1. The quantitative estimate of drug-likeness (QED) is 0.581. The first-order chi connectivity index (χ1) is 11.1. The van der Waals surface area contributed by atoms with E-state index in [0.29, 0.717) is 5.39 Å². The SMILES string of the molecule is Cc1cccc(-n2nc(C)c3c(=O)[nH]c4ccccc4c32)c1C. The zero-order chi connectivity index (χ0) is 16.1. The molecule has 4 heteroatoms. The van der Waals surface area contributed by atoms with Crippen LogP contribution in [0.2, 0.25) is 0 Å². The fourth-order valence-corrected chi connectivity index (χ4v) is 3.17. The lowest BCUT2D eigenvalue weighted by atomic mass is 10.1. The highest BCUT2D eigenvalue weighted by molar-refractivity contribution is 6.04. The molecule has 0 spiro atoms.